The second kappa shape index (κ2) is 8.81. The van der Waals surface area contributed by atoms with E-state index in [0.29, 0.717) is 0 Å². The normalized spacial score (nSPS) is 12.9. The predicted octanol–water partition coefficient (Wildman–Crippen LogP) is -1.40. The van der Waals surface area contributed by atoms with Crippen molar-refractivity contribution in [2.75, 3.05) is 6.54 Å². The molecule has 27 heavy (non-hydrogen) atoms. The molecule has 0 radical (unpaired) electrons. The number of H-pyrrole nitrogens is 1. The van der Waals surface area contributed by atoms with Crippen molar-refractivity contribution in [1.82, 2.24) is 15.6 Å². The molecule has 0 fully saturated rings. The van der Waals surface area contributed by atoms with E-state index in [2.05, 4.69) is 15.6 Å². The summed E-state index contributed by atoms with van der Waals surface area (Å²) < 4.78 is 0. The van der Waals surface area contributed by atoms with Gasteiger partial charge in [0.1, 0.15) is 12.1 Å². The highest BCUT2D eigenvalue weighted by Crippen LogP contribution is 2.19. The number of aliphatic carboxylic acids is 1. The topological polar surface area (TPSA) is 180 Å². The number of amides is 3. The number of primary amides is 1. The van der Waals surface area contributed by atoms with Crippen LogP contribution < -0.4 is 22.1 Å². The predicted molar refractivity (Wildman–Crippen MR) is 96.4 cm³/mol. The molecule has 0 saturated carbocycles. The molecule has 8 N–H and O–H groups in total. The highest BCUT2D eigenvalue weighted by molar-refractivity contribution is 5.93. The van der Waals surface area contributed by atoms with E-state index in [1.807, 2.05) is 24.3 Å². The molecule has 1 heterocycles. The van der Waals surface area contributed by atoms with Crippen molar-refractivity contribution >= 4 is 34.6 Å². The number of rotatable bonds is 9. The van der Waals surface area contributed by atoms with Crippen LogP contribution in [0.15, 0.2) is 30.5 Å². The molecular weight excluding hydrogens is 354 g/mol. The molecule has 3 amide bonds. The molecule has 0 saturated heterocycles. The molecule has 1 aromatic carbocycles. The Morgan fingerprint density at radius 1 is 1.11 bits per heavy atom. The van der Waals surface area contributed by atoms with Crippen molar-refractivity contribution in [2.45, 2.75) is 24.9 Å². The number of carbonyl (C=O) groups excluding carboxylic acids is 3. The number of aromatic amines is 1. The molecule has 2 rings (SSSR count). The van der Waals surface area contributed by atoms with Gasteiger partial charge in [0.2, 0.25) is 17.7 Å². The molecule has 2 aromatic rings. The van der Waals surface area contributed by atoms with Crippen LogP contribution in [0.5, 0.6) is 0 Å². The van der Waals surface area contributed by atoms with E-state index in [1.165, 1.54) is 0 Å². The van der Waals surface area contributed by atoms with Gasteiger partial charge in [-0.25, -0.2) is 4.79 Å². The SMILES string of the molecule is NCC(=O)N[C@@H](Cc1c[nH]c2ccccc12)C(=O)N[C@@H](CC(N)=O)C(=O)O. The number of fused-ring (bicyclic) bond motifs is 1. The van der Waals surface area contributed by atoms with Gasteiger partial charge in [0.05, 0.1) is 13.0 Å². The number of para-hydroxylation sites is 1. The van der Waals surface area contributed by atoms with Gasteiger partial charge in [0, 0.05) is 23.5 Å². The zero-order valence-corrected chi connectivity index (χ0v) is 14.4. The van der Waals surface area contributed by atoms with Crippen molar-refractivity contribution in [3.05, 3.63) is 36.0 Å². The van der Waals surface area contributed by atoms with Crippen molar-refractivity contribution in [3.63, 3.8) is 0 Å². The summed E-state index contributed by atoms with van der Waals surface area (Å²) in [5.41, 5.74) is 11.9. The first-order valence-corrected chi connectivity index (χ1v) is 8.17. The minimum atomic E-state index is -1.49. The molecule has 1 aromatic heterocycles. The van der Waals surface area contributed by atoms with Gasteiger partial charge in [-0.15, -0.1) is 0 Å². The van der Waals surface area contributed by atoms with Crippen LogP contribution in [0.1, 0.15) is 12.0 Å². The van der Waals surface area contributed by atoms with Crippen molar-refractivity contribution < 1.29 is 24.3 Å². The number of hydrogen-bond donors (Lipinski definition) is 6. The zero-order valence-electron chi connectivity index (χ0n) is 14.4. The first-order chi connectivity index (χ1) is 12.8. The maximum Gasteiger partial charge on any atom is 0.326 e. The van der Waals surface area contributed by atoms with Crippen LogP contribution in [0.25, 0.3) is 10.9 Å². The lowest BCUT2D eigenvalue weighted by atomic mass is 10.0. The van der Waals surface area contributed by atoms with E-state index in [9.17, 15) is 19.2 Å². The average molecular weight is 375 g/mol. The van der Waals surface area contributed by atoms with E-state index in [4.69, 9.17) is 16.6 Å². The van der Waals surface area contributed by atoms with Crippen LogP contribution in [-0.2, 0) is 25.6 Å². The van der Waals surface area contributed by atoms with E-state index in [0.717, 1.165) is 16.5 Å². The molecule has 0 bridgehead atoms. The third-order valence-electron chi connectivity index (χ3n) is 3.96. The molecule has 0 spiro atoms. The van der Waals surface area contributed by atoms with Crippen molar-refractivity contribution in [1.29, 1.82) is 0 Å². The average Bonchev–Trinajstić information content (AvgIpc) is 3.03. The summed E-state index contributed by atoms with van der Waals surface area (Å²) in [6.07, 6.45) is 1.24. The zero-order chi connectivity index (χ0) is 20.0. The van der Waals surface area contributed by atoms with E-state index >= 15 is 0 Å². The Morgan fingerprint density at radius 2 is 1.81 bits per heavy atom. The molecule has 2 atom stereocenters. The summed E-state index contributed by atoms with van der Waals surface area (Å²) in [4.78, 5) is 49.6. The summed E-state index contributed by atoms with van der Waals surface area (Å²) in [6, 6.07) is 4.84. The Bertz CT molecular complexity index is 862. The van der Waals surface area contributed by atoms with Crippen LogP contribution in [0.2, 0.25) is 0 Å². The Hall–Kier alpha value is -3.40. The van der Waals surface area contributed by atoms with Crippen molar-refractivity contribution in [3.8, 4) is 0 Å². The summed E-state index contributed by atoms with van der Waals surface area (Å²) in [6.45, 7) is -0.332. The first kappa shape index (κ1) is 19.9. The summed E-state index contributed by atoms with van der Waals surface area (Å²) >= 11 is 0. The summed E-state index contributed by atoms with van der Waals surface area (Å²) in [7, 11) is 0. The number of nitrogens with two attached hydrogens (primary N) is 2. The van der Waals surface area contributed by atoms with Crippen LogP contribution in [0, 0.1) is 0 Å². The standard InChI is InChI=1S/C17H21N5O5/c18-7-15(24)21-12(16(25)22-13(17(26)27)6-14(19)23)5-9-8-20-11-4-2-1-3-10(9)11/h1-4,8,12-13,20H,5-7,18H2,(H2,19,23)(H,21,24)(H,22,25)(H,26,27)/t12-,13-/m0/s1. The molecular formula is C17H21N5O5. The molecule has 0 aliphatic heterocycles. The molecule has 10 nitrogen and oxygen atoms in total. The second-order valence-corrected chi connectivity index (χ2v) is 5.96. The number of carboxylic acid groups (broad SMARTS) is 1. The Labute approximate surface area is 154 Å². The number of carboxylic acids is 1. The third-order valence-corrected chi connectivity index (χ3v) is 3.96. The van der Waals surface area contributed by atoms with E-state index < -0.39 is 42.2 Å². The van der Waals surface area contributed by atoms with Gasteiger partial charge in [-0.2, -0.15) is 0 Å². The molecule has 144 valence electrons. The smallest absolute Gasteiger partial charge is 0.326 e. The van der Waals surface area contributed by atoms with Crippen LogP contribution in [-0.4, -0.2) is 52.4 Å². The fraction of sp³-hybridized carbons (Fsp3) is 0.294. The molecule has 0 unspecified atom stereocenters. The number of nitrogens with one attached hydrogen (secondary N) is 3. The second-order valence-electron chi connectivity index (χ2n) is 5.96. The summed E-state index contributed by atoms with van der Waals surface area (Å²) in [5.74, 6) is -3.60. The lowest BCUT2D eigenvalue weighted by Gasteiger charge is -2.20. The number of carbonyl (C=O) groups is 4. The van der Waals surface area contributed by atoms with Gasteiger partial charge in [-0.3, -0.25) is 14.4 Å². The van der Waals surface area contributed by atoms with Crippen LogP contribution in [0.4, 0.5) is 0 Å². The van der Waals surface area contributed by atoms with Gasteiger partial charge >= 0.3 is 5.97 Å². The van der Waals surface area contributed by atoms with Gasteiger partial charge < -0.3 is 32.2 Å². The fourth-order valence-corrected chi connectivity index (χ4v) is 2.66. The Balaban J connectivity index is 2.22. The third kappa shape index (κ3) is 5.28. The van der Waals surface area contributed by atoms with Gasteiger partial charge in [-0.1, -0.05) is 18.2 Å². The van der Waals surface area contributed by atoms with Gasteiger partial charge in [0.15, 0.2) is 0 Å². The monoisotopic (exact) mass is 375 g/mol. The van der Waals surface area contributed by atoms with Gasteiger partial charge in [-0.05, 0) is 11.6 Å². The lowest BCUT2D eigenvalue weighted by molar-refractivity contribution is -0.143. The quantitative estimate of drug-likeness (QED) is 0.313. The minimum absolute atomic E-state index is 0.102. The highest BCUT2D eigenvalue weighted by atomic mass is 16.4. The maximum atomic E-state index is 12.6. The van der Waals surface area contributed by atoms with E-state index in [-0.39, 0.29) is 13.0 Å². The number of hydrogen-bond acceptors (Lipinski definition) is 5. The fourth-order valence-electron chi connectivity index (χ4n) is 2.66. The molecule has 0 aliphatic carbocycles. The van der Waals surface area contributed by atoms with Crippen LogP contribution in [0.3, 0.4) is 0 Å². The van der Waals surface area contributed by atoms with E-state index in [1.54, 1.807) is 6.20 Å². The molecule has 0 aliphatic rings. The highest BCUT2D eigenvalue weighted by Gasteiger charge is 2.28. The van der Waals surface area contributed by atoms with Gasteiger partial charge in [0.25, 0.3) is 0 Å². The molecule has 10 heteroatoms. The maximum absolute atomic E-state index is 12.6. The summed E-state index contributed by atoms with van der Waals surface area (Å²) in [5, 5.41) is 14.7. The Morgan fingerprint density at radius 3 is 2.44 bits per heavy atom. The Kier molecular flexibility index (Phi) is 6.50. The van der Waals surface area contributed by atoms with Crippen molar-refractivity contribution in [2.24, 2.45) is 11.5 Å². The lowest BCUT2D eigenvalue weighted by Crippen LogP contribution is -2.54. The number of benzene rings is 1. The van der Waals surface area contributed by atoms with Crippen LogP contribution >= 0.6 is 0 Å². The first-order valence-electron chi connectivity index (χ1n) is 8.17. The minimum Gasteiger partial charge on any atom is -0.480 e. The largest absolute Gasteiger partial charge is 0.480 e. The number of aromatic nitrogens is 1.